The number of thiazole rings is 1. The highest BCUT2D eigenvalue weighted by atomic mass is 32.1. The lowest BCUT2D eigenvalue weighted by Crippen LogP contribution is -2.40. The minimum absolute atomic E-state index is 0. The topological polar surface area (TPSA) is 92.4 Å². The van der Waals surface area contributed by atoms with Crippen LogP contribution in [0.5, 0.6) is 0 Å². The summed E-state index contributed by atoms with van der Waals surface area (Å²) in [4.78, 5) is 27.6. The Labute approximate surface area is 224 Å². The summed E-state index contributed by atoms with van der Waals surface area (Å²) in [5, 5.41) is 8.27. The van der Waals surface area contributed by atoms with Crippen molar-refractivity contribution in [2.75, 3.05) is 13.1 Å². The van der Waals surface area contributed by atoms with E-state index in [4.69, 9.17) is 4.74 Å². The van der Waals surface area contributed by atoms with Gasteiger partial charge < -0.3 is 20.7 Å². The molecule has 3 aromatic rings. The molecule has 7 nitrogen and oxygen atoms in total. The number of rotatable bonds is 9. The van der Waals surface area contributed by atoms with Gasteiger partial charge in [0, 0.05) is 29.6 Å². The summed E-state index contributed by atoms with van der Waals surface area (Å²) in [5.74, 6) is 0. The van der Waals surface area contributed by atoms with Gasteiger partial charge >= 0.3 is 12.1 Å². The Balaban J connectivity index is -0.000000623. The quantitative estimate of drug-likeness (QED) is 0.267. The third-order valence-corrected chi connectivity index (χ3v) is 5.61. The Morgan fingerprint density at radius 3 is 1.94 bits per heavy atom. The number of aromatic nitrogens is 1. The number of aryl methyl sites for hydroxylation is 2. The lowest BCUT2D eigenvalue weighted by molar-refractivity contribution is 0.140. The number of nitrogens with zero attached hydrogens (tertiary/aromatic N) is 1. The molecule has 0 saturated heterocycles. The number of alkyl carbamates (subject to hydrolysis) is 1. The Hall–Kier alpha value is -3.39. The van der Waals surface area contributed by atoms with E-state index in [-0.39, 0.29) is 23.0 Å². The predicted molar refractivity (Wildman–Crippen MR) is 155 cm³/mol. The van der Waals surface area contributed by atoms with Crippen LogP contribution in [0, 0.1) is 13.8 Å². The normalized spacial score (nSPS) is 10.4. The van der Waals surface area contributed by atoms with Crippen LogP contribution in [0.15, 0.2) is 72.4 Å². The number of unbranched alkanes of at least 4 members (excludes halogenated alkanes) is 1. The molecule has 2 aromatic carbocycles. The van der Waals surface area contributed by atoms with Crippen molar-refractivity contribution in [1.29, 1.82) is 0 Å². The standard InChI is InChI=1S/C14H24N4O3S.2C7H8.3H2/c1-3-11(2)18-13(19)16-6-4-5-7-17-14(20)21-9-12-8-15-10-22-12;2*1-7-5-3-2-4-6-7;;;/h8,10-11H,3-7,9H2,1-2H3,(H,17,20)(H2,16,18,19);2*2-6H,1H3;3*1H. The van der Waals surface area contributed by atoms with E-state index < -0.39 is 6.09 Å². The highest BCUT2D eigenvalue weighted by Gasteiger charge is 2.05. The summed E-state index contributed by atoms with van der Waals surface area (Å²) < 4.78 is 5.03. The number of benzene rings is 2. The van der Waals surface area contributed by atoms with Crippen LogP contribution in [-0.2, 0) is 11.3 Å². The molecule has 0 aliphatic rings. The number of ether oxygens (including phenoxy) is 1. The lowest BCUT2D eigenvalue weighted by atomic mass is 10.2. The van der Waals surface area contributed by atoms with Crippen molar-refractivity contribution in [3.63, 3.8) is 0 Å². The minimum Gasteiger partial charge on any atom is -0.444 e. The fraction of sp³-hybridized carbons (Fsp3) is 0.393. The third kappa shape index (κ3) is 17.1. The van der Waals surface area contributed by atoms with Gasteiger partial charge in [-0.25, -0.2) is 9.59 Å². The Morgan fingerprint density at radius 2 is 1.50 bits per heavy atom. The molecule has 1 heterocycles. The van der Waals surface area contributed by atoms with Crippen molar-refractivity contribution in [2.24, 2.45) is 0 Å². The molecule has 1 atom stereocenters. The summed E-state index contributed by atoms with van der Waals surface area (Å²) in [7, 11) is 0. The fourth-order valence-corrected chi connectivity index (χ4v) is 3.09. The van der Waals surface area contributed by atoms with Crippen LogP contribution in [0.1, 0.15) is 53.4 Å². The summed E-state index contributed by atoms with van der Waals surface area (Å²) in [6.07, 6.45) is 3.72. The second-order valence-corrected chi connectivity index (χ2v) is 9.17. The zero-order chi connectivity index (χ0) is 26.4. The first kappa shape index (κ1) is 30.6. The van der Waals surface area contributed by atoms with Crippen molar-refractivity contribution in [2.45, 2.75) is 59.6 Å². The van der Waals surface area contributed by atoms with Crippen molar-refractivity contribution in [3.8, 4) is 0 Å². The molecule has 0 fully saturated rings. The van der Waals surface area contributed by atoms with Crippen LogP contribution in [-0.4, -0.2) is 36.2 Å². The van der Waals surface area contributed by atoms with Gasteiger partial charge in [-0.2, -0.15) is 0 Å². The predicted octanol–water partition coefficient (Wildman–Crippen LogP) is 6.98. The zero-order valence-corrected chi connectivity index (χ0v) is 22.6. The molecule has 8 heteroatoms. The number of carbonyl (C=O) groups excluding carboxylic acids is 2. The van der Waals surface area contributed by atoms with Crippen LogP contribution in [0.25, 0.3) is 0 Å². The van der Waals surface area contributed by atoms with E-state index in [1.807, 2.05) is 50.2 Å². The van der Waals surface area contributed by atoms with Crippen LogP contribution in [0.2, 0.25) is 0 Å². The molecule has 36 heavy (non-hydrogen) atoms. The highest BCUT2D eigenvalue weighted by Crippen LogP contribution is 2.06. The second-order valence-electron chi connectivity index (χ2n) is 8.20. The zero-order valence-electron chi connectivity index (χ0n) is 21.8. The molecule has 0 bridgehead atoms. The van der Waals surface area contributed by atoms with E-state index in [2.05, 4.69) is 59.0 Å². The smallest absolute Gasteiger partial charge is 0.407 e. The van der Waals surface area contributed by atoms with Crippen molar-refractivity contribution in [3.05, 3.63) is 88.4 Å². The molecule has 0 aliphatic heterocycles. The first-order valence-corrected chi connectivity index (χ1v) is 13.1. The molecule has 1 aromatic heterocycles. The molecule has 3 amide bonds. The average Bonchev–Trinajstić information content (AvgIpc) is 3.40. The number of amides is 3. The fourth-order valence-electron chi connectivity index (χ4n) is 2.59. The third-order valence-electron chi connectivity index (χ3n) is 4.86. The van der Waals surface area contributed by atoms with Gasteiger partial charge in [0.1, 0.15) is 6.61 Å². The molecule has 0 aliphatic carbocycles. The summed E-state index contributed by atoms with van der Waals surface area (Å²) in [6, 6.07) is 20.6. The molecule has 3 N–H and O–H groups in total. The summed E-state index contributed by atoms with van der Waals surface area (Å²) in [5.41, 5.74) is 4.34. The second kappa shape index (κ2) is 19.9. The SMILES string of the molecule is CCC(C)NC(=O)NCCCCNC(=O)OCc1cncs1.Cc1ccccc1.Cc1ccccc1.[HH].[HH].[HH]. The van der Waals surface area contributed by atoms with Crippen molar-refractivity contribution in [1.82, 2.24) is 20.9 Å². The Morgan fingerprint density at radius 1 is 0.944 bits per heavy atom. The van der Waals surface area contributed by atoms with Crippen molar-refractivity contribution < 1.29 is 18.6 Å². The van der Waals surface area contributed by atoms with Gasteiger partial charge in [-0.05, 0) is 40.0 Å². The monoisotopic (exact) mass is 518 g/mol. The molecular weight excluding hydrogens is 472 g/mol. The maximum absolute atomic E-state index is 11.4. The molecular formula is C28H46N4O3S. The van der Waals surface area contributed by atoms with E-state index in [0.29, 0.717) is 13.1 Å². The van der Waals surface area contributed by atoms with Crippen LogP contribution >= 0.6 is 11.3 Å². The van der Waals surface area contributed by atoms with Gasteiger partial charge in [0.15, 0.2) is 0 Å². The molecule has 1 unspecified atom stereocenters. The molecule has 0 saturated carbocycles. The van der Waals surface area contributed by atoms with Gasteiger partial charge in [-0.15, -0.1) is 11.3 Å². The van der Waals surface area contributed by atoms with Gasteiger partial charge in [-0.1, -0.05) is 78.7 Å². The van der Waals surface area contributed by atoms with Crippen LogP contribution < -0.4 is 16.0 Å². The average molecular weight is 519 g/mol. The van der Waals surface area contributed by atoms with Gasteiger partial charge in [-0.3, -0.25) is 4.98 Å². The molecule has 0 spiro atoms. The number of nitrogens with one attached hydrogen (secondary N) is 3. The van der Waals surface area contributed by atoms with Crippen LogP contribution in [0.3, 0.4) is 0 Å². The van der Waals surface area contributed by atoms with Gasteiger partial charge in [0.25, 0.3) is 0 Å². The largest absolute Gasteiger partial charge is 0.444 e. The van der Waals surface area contributed by atoms with E-state index in [9.17, 15) is 9.59 Å². The number of hydrogen-bond acceptors (Lipinski definition) is 5. The van der Waals surface area contributed by atoms with Crippen LogP contribution in [0.4, 0.5) is 9.59 Å². The maximum atomic E-state index is 11.4. The number of carbonyl (C=O) groups is 2. The van der Waals surface area contributed by atoms with E-state index in [0.717, 1.165) is 24.1 Å². The van der Waals surface area contributed by atoms with E-state index >= 15 is 0 Å². The molecule has 202 valence electrons. The van der Waals surface area contributed by atoms with E-state index in [1.54, 1.807) is 11.7 Å². The highest BCUT2D eigenvalue weighted by molar-refractivity contribution is 7.09. The first-order valence-electron chi connectivity index (χ1n) is 12.3. The molecule has 0 radical (unpaired) electrons. The van der Waals surface area contributed by atoms with Crippen molar-refractivity contribution >= 4 is 23.5 Å². The Kier molecular flexibility index (Phi) is 16.9. The lowest BCUT2D eigenvalue weighted by Gasteiger charge is -2.12. The van der Waals surface area contributed by atoms with E-state index in [1.165, 1.54) is 22.5 Å². The summed E-state index contributed by atoms with van der Waals surface area (Å²) in [6.45, 7) is 9.50. The maximum Gasteiger partial charge on any atom is 0.407 e. The summed E-state index contributed by atoms with van der Waals surface area (Å²) >= 11 is 1.45. The minimum atomic E-state index is -0.434. The first-order chi connectivity index (χ1) is 17.4. The Bertz CT molecular complexity index is 916. The number of hydrogen-bond donors (Lipinski definition) is 3. The molecule has 3 rings (SSSR count). The number of urea groups is 1. The van der Waals surface area contributed by atoms with Gasteiger partial charge in [0.05, 0.1) is 10.4 Å². The van der Waals surface area contributed by atoms with Gasteiger partial charge in [0.2, 0.25) is 0 Å².